The minimum Gasteiger partial charge on any atom is -0.476 e. The summed E-state index contributed by atoms with van der Waals surface area (Å²) in [6.45, 7) is 0. The van der Waals surface area contributed by atoms with Gasteiger partial charge in [-0.1, -0.05) is 34.8 Å². The smallest absolute Gasteiger partial charge is 0.364 e. The lowest BCUT2D eigenvalue weighted by molar-refractivity contribution is -0.134. The van der Waals surface area contributed by atoms with E-state index in [4.69, 9.17) is 39.9 Å². The van der Waals surface area contributed by atoms with Crippen LogP contribution in [0.5, 0.6) is 0 Å². The van der Waals surface area contributed by atoms with Gasteiger partial charge in [-0.25, -0.2) is 4.79 Å². The van der Waals surface area contributed by atoms with Gasteiger partial charge < -0.3 is 5.11 Å². The summed E-state index contributed by atoms with van der Waals surface area (Å²) in [5, 5.41) is 8.01. The molecule has 6 heteroatoms. The molecule has 11 heavy (non-hydrogen) atoms. The number of alkyl halides is 3. The number of carboxylic acid groups (broad SMARTS) is 1. The van der Waals surface area contributed by atoms with Gasteiger partial charge in [-0.15, -0.1) is 0 Å². The SMILES string of the molecule is O=C(O)C(F)=CCC(Cl)(Cl)Cl. The fourth-order valence-corrected chi connectivity index (χ4v) is 0.524. The van der Waals surface area contributed by atoms with Crippen LogP contribution in [0.4, 0.5) is 4.39 Å². The Labute approximate surface area is 77.5 Å². The second-order valence-electron chi connectivity index (χ2n) is 1.68. The molecule has 0 saturated carbocycles. The summed E-state index contributed by atoms with van der Waals surface area (Å²) in [6.07, 6.45) is 0.436. The Morgan fingerprint density at radius 1 is 1.55 bits per heavy atom. The molecule has 0 spiro atoms. The molecular weight excluding hydrogens is 217 g/mol. The number of carboxylic acids is 1. The maximum absolute atomic E-state index is 12.1. The first-order chi connectivity index (χ1) is 4.83. The third-order valence-electron chi connectivity index (χ3n) is 0.717. The number of carbonyl (C=O) groups is 1. The van der Waals surface area contributed by atoms with Gasteiger partial charge in [-0.2, -0.15) is 4.39 Å². The van der Waals surface area contributed by atoms with E-state index >= 15 is 0 Å². The highest BCUT2D eigenvalue weighted by molar-refractivity contribution is 6.67. The van der Waals surface area contributed by atoms with E-state index in [1.165, 1.54) is 0 Å². The first-order valence-corrected chi connectivity index (χ1v) is 3.62. The Bertz CT molecular complexity index is 185. The summed E-state index contributed by atoms with van der Waals surface area (Å²) in [4.78, 5) is 9.84. The summed E-state index contributed by atoms with van der Waals surface area (Å²) in [6, 6.07) is 0. The van der Waals surface area contributed by atoms with Gasteiger partial charge in [0.15, 0.2) is 3.79 Å². The Kier molecular flexibility index (Phi) is 4.14. The Hall–Kier alpha value is 0.01000. The molecule has 0 atom stereocenters. The number of halogens is 4. The summed E-state index contributed by atoms with van der Waals surface area (Å²) in [5.41, 5.74) is 0. The van der Waals surface area contributed by atoms with E-state index in [9.17, 15) is 9.18 Å². The van der Waals surface area contributed by atoms with Gasteiger partial charge in [0.05, 0.1) is 0 Å². The van der Waals surface area contributed by atoms with Crippen LogP contribution in [-0.4, -0.2) is 14.9 Å². The largest absolute Gasteiger partial charge is 0.476 e. The van der Waals surface area contributed by atoms with Gasteiger partial charge in [0.1, 0.15) is 0 Å². The second kappa shape index (κ2) is 4.14. The summed E-state index contributed by atoms with van der Waals surface area (Å²) >= 11 is 15.6. The lowest BCUT2D eigenvalue weighted by Gasteiger charge is -2.04. The minimum atomic E-state index is -1.67. The molecule has 0 aromatic heterocycles. The molecule has 0 fully saturated rings. The van der Waals surface area contributed by atoms with E-state index in [2.05, 4.69) is 0 Å². The van der Waals surface area contributed by atoms with Crippen molar-refractivity contribution in [2.75, 3.05) is 0 Å². The molecular formula is C5H4Cl3FO2. The van der Waals surface area contributed by atoms with Crippen molar-refractivity contribution in [3.63, 3.8) is 0 Å². The van der Waals surface area contributed by atoms with Crippen molar-refractivity contribution >= 4 is 40.8 Å². The molecule has 0 bridgehead atoms. The fraction of sp³-hybridized carbons (Fsp3) is 0.400. The fourth-order valence-electron chi connectivity index (χ4n) is 0.293. The maximum atomic E-state index is 12.1. The molecule has 64 valence electrons. The van der Waals surface area contributed by atoms with Crippen LogP contribution in [0, 0.1) is 0 Å². The average Bonchev–Trinajstić information content (AvgIpc) is 1.80. The van der Waals surface area contributed by atoms with Gasteiger partial charge in [0.2, 0.25) is 5.83 Å². The summed E-state index contributed by atoms with van der Waals surface area (Å²) in [5.74, 6) is -2.99. The van der Waals surface area contributed by atoms with Crippen LogP contribution in [-0.2, 0) is 4.79 Å². The van der Waals surface area contributed by atoms with Crippen molar-refractivity contribution in [1.82, 2.24) is 0 Å². The number of hydrogen-bond acceptors (Lipinski definition) is 1. The van der Waals surface area contributed by atoms with Crippen molar-refractivity contribution in [1.29, 1.82) is 0 Å². The molecule has 0 amide bonds. The van der Waals surface area contributed by atoms with Crippen LogP contribution < -0.4 is 0 Å². The van der Waals surface area contributed by atoms with Crippen LogP contribution in [0.1, 0.15) is 6.42 Å². The Morgan fingerprint density at radius 3 is 2.27 bits per heavy atom. The number of rotatable bonds is 2. The van der Waals surface area contributed by atoms with Gasteiger partial charge >= 0.3 is 5.97 Å². The summed E-state index contributed by atoms with van der Waals surface area (Å²) in [7, 11) is 0. The molecule has 0 saturated heterocycles. The van der Waals surface area contributed by atoms with E-state index in [0.717, 1.165) is 0 Å². The van der Waals surface area contributed by atoms with Gasteiger partial charge in [-0.05, 0) is 6.08 Å². The van der Waals surface area contributed by atoms with E-state index in [1.807, 2.05) is 0 Å². The van der Waals surface area contributed by atoms with Gasteiger partial charge in [0.25, 0.3) is 0 Å². The molecule has 0 heterocycles. The maximum Gasteiger partial charge on any atom is 0.364 e. The van der Waals surface area contributed by atoms with Crippen LogP contribution in [0.25, 0.3) is 0 Å². The number of allylic oxidation sites excluding steroid dienone is 1. The minimum absolute atomic E-state index is 0.268. The molecule has 1 N–H and O–H groups in total. The van der Waals surface area contributed by atoms with Crippen molar-refractivity contribution in [2.45, 2.75) is 10.2 Å². The normalized spacial score (nSPS) is 13.3. The van der Waals surface area contributed by atoms with Crippen LogP contribution in [0.2, 0.25) is 0 Å². The van der Waals surface area contributed by atoms with E-state index in [-0.39, 0.29) is 6.42 Å². The highest BCUT2D eigenvalue weighted by Gasteiger charge is 2.18. The lowest BCUT2D eigenvalue weighted by Crippen LogP contribution is -2.01. The quantitative estimate of drug-likeness (QED) is 0.575. The highest BCUT2D eigenvalue weighted by atomic mass is 35.6. The third-order valence-corrected chi connectivity index (χ3v) is 1.18. The van der Waals surface area contributed by atoms with Crippen molar-refractivity contribution in [2.24, 2.45) is 0 Å². The van der Waals surface area contributed by atoms with E-state index in [0.29, 0.717) is 6.08 Å². The Balaban J connectivity index is 4.04. The molecule has 0 radical (unpaired) electrons. The third kappa shape index (κ3) is 6.41. The summed E-state index contributed by atoms with van der Waals surface area (Å²) < 4.78 is 10.5. The molecule has 2 nitrogen and oxygen atoms in total. The molecule has 0 aliphatic heterocycles. The molecule has 0 aromatic rings. The highest BCUT2D eigenvalue weighted by Crippen LogP contribution is 2.30. The number of hydrogen-bond donors (Lipinski definition) is 1. The predicted octanol–water partition coefficient (Wildman–Crippen LogP) is 2.68. The predicted molar refractivity (Wildman–Crippen MR) is 41.7 cm³/mol. The standard InChI is InChI=1S/C5H4Cl3FO2/c6-5(7,8)2-1-3(9)4(10)11/h1H,2H2,(H,10,11). The molecule has 0 aliphatic rings. The average molecular weight is 221 g/mol. The lowest BCUT2D eigenvalue weighted by atomic mass is 10.4. The monoisotopic (exact) mass is 220 g/mol. The zero-order valence-corrected chi connectivity index (χ0v) is 7.42. The molecule has 0 unspecified atom stereocenters. The second-order valence-corrected chi connectivity index (χ2v) is 4.19. The zero-order chi connectivity index (χ0) is 9.07. The number of aliphatic carboxylic acids is 1. The first-order valence-electron chi connectivity index (χ1n) is 2.48. The van der Waals surface area contributed by atoms with Crippen LogP contribution >= 0.6 is 34.8 Å². The van der Waals surface area contributed by atoms with Crippen molar-refractivity contribution < 1.29 is 14.3 Å². The van der Waals surface area contributed by atoms with Crippen LogP contribution in [0.15, 0.2) is 11.9 Å². The Morgan fingerprint density at radius 2 is 2.00 bits per heavy atom. The molecule has 0 rings (SSSR count). The van der Waals surface area contributed by atoms with Gasteiger partial charge in [0, 0.05) is 6.42 Å². The van der Waals surface area contributed by atoms with Crippen LogP contribution in [0.3, 0.4) is 0 Å². The van der Waals surface area contributed by atoms with E-state index < -0.39 is 15.6 Å². The zero-order valence-electron chi connectivity index (χ0n) is 5.15. The van der Waals surface area contributed by atoms with Crippen molar-refractivity contribution in [3.8, 4) is 0 Å². The topological polar surface area (TPSA) is 37.3 Å². The molecule has 0 aliphatic carbocycles. The van der Waals surface area contributed by atoms with E-state index in [1.54, 1.807) is 0 Å². The van der Waals surface area contributed by atoms with Crippen molar-refractivity contribution in [3.05, 3.63) is 11.9 Å². The first kappa shape index (κ1) is 11.0. The van der Waals surface area contributed by atoms with Gasteiger partial charge in [-0.3, -0.25) is 0 Å². The molecule has 0 aromatic carbocycles.